The molecule has 268 valence electrons. The summed E-state index contributed by atoms with van der Waals surface area (Å²) in [5.41, 5.74) is 0. The number of rotatable bonds is 26. The molecule has 0 radical (unpaired) electrons. The number of thioether (sulfide) groups is 1. The maximum absolute atomic E-state index is 12.4. The van der Waals surface area contributed by atoms with E-state index in [1.165, 1.54) is 0 Å². The summed E-state index contributed by atoms with van der Waals surface area (Å²) in [6.45, 7) is 3.67. The van der Waals surface area contributed by atoms with Gasteiger partial charge in [-0.15, -0.1) is 0 Å². The normalized spacial score (nSPS) is 18.8. The van der Waals surface area contributed by atoms with Crippen molar-refractivity contribution < 1.29 is 24.0 Å². The van der Waals surface area contributed by atoms with Crippen LogP contribution in [0.15, 0.2) is 29.4 Å². The minimum Gasteiger partial charge on any atom is -0.356 e. The number of pyridine rings is 1. The highest BCUT2D eigenvalue weighted by molar-refractivity contribution is 8.76. The molecule has 3 rings (SSSR count). The second-order valence-corrected chi connectivity index (χ2v) is 16.2. The lowest BCUT2D eigenvalue weighted by atomic mass is 10.0. The zero-order valence-corrected chi connectivity index (χ0v) is 30.7. The number of aromatic nitrogens is 1. The monoisotopic (exact) mass is 722 g/mol. The molecule has 2 aliphatic heterocycles. The van der Waals surface area contributed by atoms with E-state index in [1.54, 1.807) is 27.8 Å². The highest BCUT2D eigenvalue weighted by atomic mass is 33.1. The first-order valence-corrected chi connectivity index (χ1v) is 20.9. The van der Waals surface area contributed by atoms with E-state index in [1.807, 2.05) is 36.9 Å². The number of carbonyl (C=O) groups is 5. The van der Waals surface area contributed by atoms with Crippen molar-refractivity contribution >= 4 is 62.9 Å². The first-order chi connectivity index (χ1) is 23.3. The van der Waals surface area contributed by atoms with Crippen molar-refractivity contribution in [3.05, 3.63) is 24.4 Å². The van der Waals surface area contributed by atoms with Gasteiger partial charge in [0.05, 0.1) is 12.1 Å². The van der Waals surface area contributed by atoms with Crippen molar-refractivity contribution in [3.8, 4) is 0 Å². The Morgan fingerprint density at radius 3 is 2.35 bits per heavy atom. The predicted octanol–water partition coefficient (Wildman–Crippen LogP) is 5.00. The number of urea groups is 1. The second kappa shape index (κ2) is 23.8. The van der Waals surface area contributed by atoms with Gasteiger partial charge >= 0.3 is 6.03 Å². The van der Waals surface area contributed by atoms with Crippen molar-refractivity contribution in [3.63, 3.8) is 0 Å². The van der Waals surface area contributed by atoms with E-state index in [4.69, 9.17) is 0 Å². The zero-order valence-electron chi connectivity index (χ0n) is 28.3. The summed E-state index contributed by atoms with van der Waals surface area (Å²) in [6.07, 6.45) is 12.5. The fourth-order valence-electron chi connectivity index (χ4n) is 5.69. The molecule has 5 N–H and O–H groups in total. The largest absolute Gasteiger partial charge is 0.356 e. The highest BCUT2D eigenvalue weighted by Gasteiger charge is 2.42. The Bertz CT molecular complexity index is 1150. The van der Waals surface area contributed by atoms with Gasteiger partial charge in [0.2, 0.25) is 17.7 Å². The molecule has 48 heavy (non-hydrogen) atoms. The molecule has 0 saturated carbocycles. The molecule has 0 bridgehead atoms. The summed E-state index contributed by atoms with van der Waals surface area (Å²) in [4.78, 5) is 64.4. The van der Waals surface area contributed by atoms with Crippen molar-refractivity contribution in [2.45, 2.75) is 119 Å². The third kappa shape index (κ3) is 16.8. The Labute approximate surface area is 298 Å². The minimum absolute atomic E-state index is 0.0516. The van der Waals surface area contributed by atoms with E-state index in [9.17, 15) is 24.0 Å². The van der Waals surface area contributed by atoms with E-state index >= 15 is 0 Å². The van der Waals surface area contributed by atoms with Crippen LogP contribution in [0.1, 0.15) is 96.8 Å². The summed E-state index contributed by atoms with van der Waals surface area (Å²) < 4.78 is 0. The van der Waals surface area contributed by atoms with Gasteiger partial charge in [-0.2, -0.15) is 11.8 Å². The molecule has 1 aromatic rings. The van der Waals surface area contributed by atoms with Gasteiger partial charge in [-0.25, -0.2) is 9.78 Å². The van der Waals surface area contributed by atoms with Crippen molar-refractivity contribution in [1.82, 2.24) is 31.6 Å². The van der Waals surface area contributed by atoms with Crippen LogP contribution in [-0.2, 0) is 19.2 Å². The summed E-state index contributed by atoms with van der Waals surface area (Å²) in [5, 5.41) is 16.1. The van der Waals surface area contributed by atoms with Crippen LogP contribution in [-0.4, -0.2) is 83.0 Å². The molecule has 4 atom stereocenters. The number of nitrogens with zero attached hydrogens (tertiary/aromatic N) is 1. The summed E-state index contributed by atoms with van der Waals surface area (Å²) in [6, 6.07) is 6.20. The molecule has 11 nitrogen and oxygen atoms in total. The average molecular weight is 723 g/mol. The van der Waals surface area contributed by atoms with Gasteiger partial charge in [0.25, 0.3) is 0 Å². The average Bonchev–Trinajstić information content (AvgIpc) is 3.64. The van der Waals surface area contributed by atoms with Crippen LogP contribution < -0.4 is 26.6 Å². The van der Waals surface area contributed by atoms with E-state index in [0.717, 1.165) is 80.7 Å². The van der Waals surface area contributed by atoms with Crippen LogP contribution in [0.4, 0.5) is 4.79 Å². The van der Waals surface area contributed by atoms with Gasteiger partial charge in [-0.1, -0.05) is 49.5 Å². The molecule has 0 spiro atoms. The number of nitrogens with one attached hydrogen (secondary N) is 5. The smallest absolute Gasteiger partial charge is 0.315 e. The molecule has 0 aromatic carbocycles. The predicted molar refractivity (Wildman–Crippen MR) is 196 cm³/mol. The number of amides is 5. The van der Waals surface area contributed by atoms with Gasteiger partial charge in [0.1, 0.15) is 10.8 Å². The molecule has 3 heterocycles. The first kappa shape index (κ1) is 40.0. The number of hydrogen-bond acceptors (Lipinski definition) is 9. The molecule has 2 saturated heterocycles. The van der Waals surface area contributed by atoms with Crippen LogP contribution in [0.5, 0.6) is 0 Å². The topological polar surface area (TPSA) is 158 Å². The standard InChI is InChI=1S/C34H54N6O5S3/c1-25(12-7-10-19-35-29(42)17-18-30(43)36-22-23-47-48-31-16-8-11-20-37-31)33(44)38-21-9-3-2-4-13-26(41)14-5-6-15-28-32-27(24-46-28)39-34(45)40-32/h8,11,16,20,25,27-28,32H,2-7,9-10,12-15,17-19,21-24H2,1H3,(H,35,42)(H,36,43)(H,38,44)(H2,39,40,45)/t25-,27-,28-,32-/m0/s1. The lowest BCUT2D eigenvalue weighted by Crippen LogP contribution is -2.36. The Morgan fingerprint density at radius 2 is 1.58 bits per heavy atom. The Balaban J connectivity index is 1.05. The summed E-state index contributed by atoms with van der Waals surface area (Å²) in [5.74, 6) is 1.79. The fourth-order valence-corrected chi connectivity index (χ4v) is 9.02. The van der Waals surface area contributed by atoms with Gasteiger partial charge in [0.15, 0.2) is 0 Å². The quantitative estimate of drug-likeness (QED) is 0.0504. The van der Waals surface area contributed by atoms with Crippen LogP contribution in [0.2, 0.25) is 0 Å². The SMILES string of the molecule is C[C@@H](CCCCNC(=O)CCC(=O)NCCSSc1ccccn1)C(=O)NCCCCCCC(=O)CCCC[C@@H]1SC[C@@H]2NC(=O)N[C@@H]21. The summed E-state index contributed by atoms with van der Waals surface area (Å²) in [7, 11) is 3.19. The number of unbranched alkanes of at least 4 members (excludes halogenated alkanes) is 5. The van der Waals surface area contributed by atoms with E-state index in [2.05, 4.69) is 31.6 Å². The highest BCUT2D eigenvalue weighted by Crippen LogP contribution is 2.33. The molecule has 14 heteroatoms. The summed E-state index contributed by atoms with van der Waals surface area (Å²) >= 11 is 1.92. The van der Waals surface area contributed by atoms with Crippen molar-refractivity contribution in [2.75, 3.05) is 31.1 Å². The zero-order chi connectivity index (χ0) is 34.4. The lowest BCUT2D eigenvalue weighted by molar-refractivity contribution is -0.126. The minimum atomic E-state index is -0.132. The maximum atomic E-state index is 12.4. The Morgan fingerprint density at radius 1 is 0.875 bits per heavy atom. The number of Topliss-reactive ketones (excluding diaryl/α,β-unsaturated/α-hetero) is 1. The van der Waals surface area contributed by atoms with Crippen molar-refractivity contribution in [2.24, 2.45) is 5.92 Å². The third-order valence-electron chi connectivity index (χ3n) is 8.52. The van der Waals surface area contributed by atoms with Gasteiger partial charge < -0.3 is 26.6 Å². The van der Waals surface area contributed by atoms with E-state index in [-0.39, 0.29) is 54.6 Å². The second-order valence-electron chi connectivity index (χ2n) is 12.5. The molecular weight excluding hydrogens is 669 g/mol. The number of fused-ring (bicyclic) bond motifs is 1. The van der Waals surface area contributed by atoms with Crippen LogP contribution >= 0.6 is 33.3 Å². The van der Waals surface area contributed by atoms with E-state index < -0.39 is 0 Å². The molecule has 2 aliphatic rings. The first-order valence-electron chi connectivity index (χ1n) is 17.5. The van der Waals surface area contributed by atoms with Crippen molar-refractivity contribution in [1.29, 1.82) is 0 Å². The molecule has 0 unspecified atom stereocenters. The van der Waals surface area contributed by atoms with Crippen LogP contribution in [0.3, 0.4) is 0 Å². The van der Waals surface area contributed by atoms with Gasteiger partial charge in [-0.3, -0.25) is 19.2 Å². The number of hydrogen-bond donors (Lipinski definition) is 5. The Hall–Kier alpha value is -2.45. The number of carbonyl (C=O) groups excluding carboxylic acids is 5. The third-order valence-corrected chi connectivity index (χ3v) is 12.3. The van der Waals surface area contributed by atoms with Gasteiger partial charge in [0, 0.05) is 74.2 Å². The maximum Gasteiger partial charge on any atom is 0.315 e. The van der Waals surface area contributed by atoms with Gasteiger partial charge in [-0.05, 0) is 61.5 Å². The van der Waals surface area contributed by atoms with Crippen LogP contribution in [0.25, 0.3) is 0 Å². The molecular formula is C34H54N6O5S3. The molecule has 1 aromatic heterocycles. The molecule has 5 amide bonds. The molecule has 2 fully saturated rings. The van der Waals surface area contributed by atoms with E-state index in [0.29, 0.717) is 43.5 Å². The number of ketones is 1. The molecule has 0 aliphatic carbocycles. The fraction of sp³-hybridized carbons (Fsp3) is 0.706. The lowest BCUT2D eigenvalue weighted by Gasteiger charge is -2.16. The van der Waals surface area contributed by atoms with Crippen LogP contribution in [0, 0.1) is 5.92 Å². The Kier molecular flexibility index (Phi) is 19.8.